The molecule has 0 radical (unpaired) electrons. The van der Waals surface area contributed by atoms with Gasteiger partial charge in [-0.1, -0.05) is 18.2 Å². The van der Waals surface area contributed by atoms with Gasteiger partial charge in [0.2, 0.25) is 0 Å². The van der Waals surface area contributed by atoms with Crippen LogP contribution in [-0.4, -0.2) is 35.4 Å². The summed E-state index contributed by atoms with van der Waals surface area (Å²) < 4.78 is 5.31. The molecule has 0 fully saturated rings. The summed E-state index contributed by atoms with van der Waals surface area (Å²) in [4.78, 5) is 23.9. The second-order valence-electron chi connectivity index (χ2n) is 4.39. The number of nitrogens with zero attached hydrogens (tertiary/aromatic N) is 2. The molecule has 1 rings (SSSR count). The smallest absolute Gasteiger partial charge is 0.310 e. The van der Waals surface area contributed by atoms with Crippen LogP contribution in [0.4, 0.5) is 5.69 Å². The fourth-order valence-electron chi connectivity index (χ4n) is 1.71. The maximum absolute atomic E-state index is 12.0. The Balaban J connectivity index is 2.80. The third kappa shape index (κ3) is 4.76. The predicted octanol–water partition coefficient (Wildman–Crippen LogP) is 2.48. The van der Waals surface area contributed by atoms with E-state index in [0.717, 1.165) is 5.56 Å². The number of rotatable bonds is 8. The Hall–Kier alpha value is -2.63. The Bertz CT molecular complexity index is 545. The van der Waals surface area contributed by atoms with E-state index in [1.54, 1.807) is 25.1 Å². The molecule has 21 heavy (non-hydrogen) atoms. The highest BCUT2D eigenvalue weighted by atomic mass is 16.6. The molecule has 0 bridgehead atoms. The maximum atomic E-state index is 12.0. The van der Waals surface area contributed by atoms with Crippen LogP contribution in [0.1, 0.15) is 5.56 Å². The van der Waals surface area contributed by atoms with E-state index >= 15 is 0 Å². The third-order valence-corrected chi connectivity index (χ3v) is 2.71. The predicted molar refractivity (Wildman–Crippen MR) is 80.3 cm³/mol. The molecule has 112 valence electrons. The SMILES string of the molecule is C=CCN(CC=C)C(=O)COc1cc(C)ccc1[N+](=O)[O-]. The van der Waals surface area contributed by atoms with E-state index in [0.29, 0.717) is 13.1 Å². The molecule has 1 aromatic carbocycles. The molecule has 1 aromatic rings. The minimum atomic E-state index is -0.537. The number of carbonyl (C=O) groups excluding carboxylic acids is 1. The molecule has 6 nitrogen and oxygen atoms in total. The minimum Gasteiger partial charge on any atom is -0.477 e. The zero-order chi connectivity index (χ0) is 15.8. The zero-order valence-corrected chi connectivity index (χ0v) is 11.9. The van der Waals surface area contributed by atoms with Crippen LogP contribution in [0.2, 0.25) is 0 Å². The summed E-state index contributed by atoms with van der Waals surface area (Å²) in [5.74, 6) is -0.198. The van der Waals surface area contributed by atoms with Gasteiger partial charge >= 0.3 is 5.69 Å². The molecule has 0 saturated heterocycles. The lowest BCUT2D eigenvalue weighted by Crippen LogP contribution is -2.35. The molecule has 0 aliphatic carbocycles. The first-order valence-electron chi connectivity index (χ1n) is 6.37. The van der Waals surface area contributed by atoms with Gasteiger partial charge in [-0.25, -0.2) is 0 Å². The van der Waals surface area contributed by atoms with Crippen molar-refractivity contribution in [2.75, 3.05) is 19.7 Å². The minimum absolute atomic E-state index is 0.0884. The van der Waals surface area contributed by atoms with Gasteiger partial charge < -0.3 is 9.64 Å². The molecule has 0 atom stereocenters. The van der Waals surface area contributed by atoms with Gasteiger partial charge in [-0.15, -0.1) is 13.2 Å². The van der Waals surface area contributed by atoms with E-state index in [9.17, 15) is 14.9 Å². The molecule has 0 heterocycles. The third-order valence-electron chi connectivity index (χ3n) is 2.71. The summed E-state index contributed by atoms with van der Waals surface area (Å²) in [6.45, 7) is 9.40. The van der Waals surface area contributed by atoms with Crippen LogP contribution in [0, 0.1) is 17.0 Å². The Kier molecular flexibility index (Phi) is 6.13. The summed E-state index contributed by atoms with van der Waals surface area (Å²) in [5.41, 5.74) is 0.657. The standard InChI is InChI=1S/C15H18N2O4/c1-4-8-16(9-5-2)15(18)11-21-14-10-12(3)6-7-13(14)17(19)20/h4-7,10H,1-2,8-9,11H2,3H3. The van der Waals surface area contributed by atoms with E-state index in [1.165, 1.54) is 17.0 Å². The number of amides is 1. The van der Waals surface area contributed by atoms with Gasteiger partial charge in [0, 0.05) is 19.2 Å². The number of aryl methyl sites for hydroxylation is 1. The number of hydrogen-bond donors (Lipinski definition) is 0. The summed E-state index contributed by atoms with van der Waals surface area (Å²) >= 11 is 0. The largest absolute Gasteiger partial charge is 0.477 e. The molecule has 0 unspecified atom stereocenters. The number of nitro groups is 1. The first-order chi connectivity index (χ1) is 9.99. The van der Waals surface area contributed by atoms with Crippen molar-refractivity contribution < 1.29 is 14.5 Å². The van der Waals surface area contributed by atoms with Gasteiger partial charge in [-0.05, 0) is 18.6 Å². The highest BCUT2D eigenvalue weighted by molar-refractivity contribution is 5.78. The van der Waals surface area contributed by atoms with Crippen LogP contribution in [0.3, 0.4) is 0 Å². The summed E-state index contributed by atoms with van der Waals surface area (Å²) in [6.07, 6.45) is 3.19. The lowest BCUT2D eigenvalue weighted by Gasteiger charge is -2.19. The van der Waals surface area contributed by atoms with E-state index in [-0.39, 0.29) is 24.0 Å². The number of carbonyl (C=O) groups is 1. The first kappa shape index (κ1) is 16.4. The fraction of sp³-hybridized carbons (Fsp3) is 0.267. The zero-order valence-electron chi connectivity index (χ0n) is 11.9. The van der Waals surface area contributed by atoms with Crippen molar-refractivity contribution in [3.05, 3.63) is 59.2 Å². The summed E-state index contributed by atoms with van der Waals surface area (Å²) in [5, 5.41) is 10.9. The fourth-order valence-corrected chi connectivity index (χ4v) is 1.71. The van der Waals surface area contributed by atoms with Gasteiger partial charge in [0.1, 0.15) is 0 Å². The van der Waals surface area contributed by atoms with Crippen LogP contribution >= 0.6 is 0 Å². The lowest BCUT2D eigenvalue weighted by atomic mass is 10.2. The van der Waals surface area contributed by atoms with Crippen LogP contribution in [-0.2, 0) is 4.79 Å². The number of nitro benzene ring substituents is 1. The molecule has 6 heteroatoms. The normalized spacial score (nSPS) is 9.76. The Morgan fingerprint density at radius 3 is 2.52 bits per heavy atom. The van der Waals surface area contributed by atoms with Gasteiger partial charge in [0.15, 0.2) is 12.4 Å². The van der Waals surface area contributed by atoms with Crippen LogP contribution in [0.5, 0.6) is 5.75 Å². The Morgan fingerprint density at radius 1 is 1.38 bits per heavy atom. The molecular formula is C15H18N2O4. The molecule has 0 spiro atoms. The average Bonchev–Trinajstić information content (AvgIpc) is 2.44. The highest BCUT2D eigenvalue weighted by Crippen LogP contribution is 2.27. The number of hydrogen-bond acceptors (Lipinski definition) is 4. The summed E-state index contributed by atoms with van der Waals surface area (Å²) in [6, 6.07) is 4.52. The van der Waals surface area contributed by atoms with Crippen molar-refractivity contribution in [2.45, 2.75) is 6.92 Å². The molecule has 0 aliphatic rings. The van der Waals surface area contributed by atoms with Gasteiger partial charge in [0.25, 0.3) is 5.91 Å². The average molecular weight is 290 g/mol. The van der Waals surface area contributed by atoms with Gasteiger partial charge in [0.05, 0.1) is 4.92 Å². The molecule has 0 aliphatic heterocycles. The summed E-state index contributed by atoms with van der Waals surface area (Å²) in [7, 11) is 0. The van der Waals surface area contributed by atoms with Crippen molar-refractivity contribution in [3.63, 3.8) is 0 Å². The van der Waals surface area contributed by atoms with Crippen molar-refractivity contribution in [3.8, 4) is 5.75 Å². The Morgan fingerprint density at radius 2 is 2.00 bits per heavy atom. The first-order valence-corrected chi connectivity index (χ1v) is 6.37. The van der Waals surface area contributed by atoms with E-state index in [2.05, 4.69) is 13.2 Å². The van der Waals surface area contributed by atoms with E-state index in [1.807, 2.05) is 0 Å². The Labute approximate surface area is 123 Å². The quantitative estimate of drug-likeness (QED) is 0.419. The van der Waals surface area contributed by atoms with Gasteiger partial charge in [-0.3, -0.25) is 14.9 Å². The number of benzene rings is 1. The van der Waals surface area contributed by atoms with Crippen molar-refractivity contribution in [1.29, 1.82) is 0 Å². The molecule has 1 amide bonds. The van der Waals surface area contributed by atoms with Crippen molar-refractivity contribution in [1.82, 2.24) is 4.90 Å². The molecule has 0 aromatic heterocycles. The van der Waals surface area contributed by atoms with Crippen molar-refractivity contribution in [2.24, 2.45) is 0 Å². The number of ether oxygens (including phenoxy) is 1. The topological polar surface area (TPSA) is 72.7 Å². The second kappa shape index (κ2) is 7.84. The second-order valence-corrected chi connectivity index (χ2v) is 4.39. The van der Waals surface area contributed by atoms with E-state index < -0.39 is 4.92 Å². The monoisotopic (exact) mass is 290 g/mol. The van der Waals surface area contributed by atoms with Gasteiger partial charge in [-0.2, -0.15) is 0 Å². The highest BCUT2D eigenvalue weighted by Gasteiger charge is 2.17. The maximum Gasteiger partial charge on any atom is 0.310 e. The lowest BCUT2D eigenvalue weighted by molar-refractivity contribution is -0.385. The van der Waals surface area contributed by atoms with Crippen molar-refractivity contribution >= 4 is 11.6 Å². The van der Waals surface area contributed by atoms with E-state index in [4.69, 9.17) is 4.74 Å². The van der Waals surface area contributed by atoms with Crippen LogP contribution < -0.4 is 4.74 Å². The molecular weight excluding hydrogens is 272 g/mol. The molecule has 0 saturated carbocycles. The molecule has 0 N–H and O–H groups in total. The van der Waals surface area contributed by atoms with Crippen LogP contribution in [0.15, 0.2) is 43.5 Å². The van der Waals surface area contributed by atoms with Crippen LogP contribution in [0.25, 0.3) is 0 Å².